The van der Waals surface area contributed by atoms with Crippen molar-refractivity contribution in [3.05, 3.63) is 0 Å². The van der Waals surface area contributed by atoms with Crippen LogP contribution in [0.15, 0.2) is 0 Å². The van der Waals surface area contributed by atoms with E-state index >= 15 is 0 Å². The molecule has 0 aromatic heterocycles. The van der Waals surface area contributed by atoms with Crippen molar-refractivity contribution in [2.75, 3.05) is 6.54 Å². The summed E-state index contributed by atoms with van der Waals surface area (Å²) < 4.78 is 0. The molecule has 1 N–H and O–H groups in total. The Labute approximate surface area is 96.6 Å². The highest BCUT2D eigenvalue weighted by Crippen LogP contribution is 2.19. The van der Waals surface area contributed by atoms with Gasteiger partial charge in [0.05, 0.1) is 12.6 Å². The fourth-order valence-corrected chi connectivity index (χ4v) is 2.06. The second-order valence-corrected chi connectivity index (χ2v) is 5.19. The summed E-state index contributed by atoms with van der Waals surface area (Å²) in [5, 5.41) is 9.73. The normalized spacial score (nSPS) is 20.7. The monoisotopic (exact) mass is 227 g/mol. The third-order valence-electron chi connectivity index (χ3n) is 2.79. The summed E-state index contributed by atoms with van der Waals surface area (Å²) in [6, 6.07) is 0. The van der Waals surface area contributed by atoms with Crippen molar-refractivity contribution in [3.63, 3.8) is 0 Å². The van der Waals surface area contributed by atoms with Crippen LogP contribution in [0.25, 0.3) is 0 Å². The number of imide groups is 1. The molecule has 92 valence electrons. The van der Waals surface area contributed by atoms with Gasteiger partial charge in [-0.2, -0.15) is 0 Å². The van der Waals surface area contributed by atoms with Gasteiger partial charge in [-0.25, -0.2) is 0 Å². The molecule has 0 aromatic rings. The van der Waals surface area contributed by atoms with Gasteiger partial charge in [-0.1, -0.05) is 20.8 Å². The maximum absolute atomic E-state index is 11.6. The number of nitrogens with zero attached hydrogens (tertiary/aromatic N) is 1. The van der Waals surface area contributed by atoms with Crippen molar-refractivity contribution < 1.29 is 14.7 Å². The summed E-state index contributed by atoms with van der Waals surface area (Å²) in [5.74, 6) is 0.209. The van der Waals surface area contributed by atoms with Crippen LogP contribution in [0.3, 0.4) is 0 Å². The number of carbonyl (C=O) groups excluding carboxylic acids is 2. The Morgan fingerprint density at radius 3 is 2.25 bits per heavy atom. The molecule has 0 saturated carbocycles. The summed E-state index contributed by atoms with van der Waals surface area (Å²) in [7, 11) is 0. The molecule has 1 atom stereocenters. The molecular weight excluding hydrogens is 206 g/mol. The number of likely N-dealkylation sites (tertiary alicyclic amines) is 1. The number of aliphatic hydroxyl groups is 1. The van der Waals surface area contributed by atoms with E-state index in [2.05, 4.69) is 0 Å². The minimum absolute atomic E-state index is 0.137. The predicted octanol–water partition coefficient (Wildman–Crippen LogP) is 1.18. The predicted molar refractivity (Wildman–Crippen MR) is 60.6 cm³/mol. The van der Waals surface area contributed by atoms with Gasteiger partial charge in [-0.15, -0.1) is 0 Å². The summed E-state index contributed by atoms with van der Waals surface area (Å²) in [6.07, 6.45) is 0.855. The Morgan fingerprint density at radius 1 is 1.31 bits per heavy atom. The fourth-order valence-electron chi connectivity index (χ4n) is 2.06. The Bertz CT molecular complexity index is 257. The second-order valence-electron chi connectivity index (χ2n) is 5.19. The zero-order valence-corrected chi connectivity index (χ0v) is 10.3. The molecule has 4 nitrogen and oxygen atoms in total. The van der Waals surface area contributed by atoms with E-state index in [0.29, 0.717) is 25.2 Å². The van der Waals surface area contributed by atoms with Crippen LogP contribution in [0.4, 0.5) is 0 Å². The molecule has 1 rings (SSSR count). The largest absolute Gasteiger partial charge is 0.391 e. The maximum Gasteiger partial charge on any atom is 0.229 e. The minimum atomic E-state index is -0.596. The van der Waals surface area contributed by atoms with Crippen molar-refractivity contribution in [2.45, 2.75) is 46.1 Å². The number of hydrogen-bond acceptors (Lipinski definition) is 3. The first-order chi connectivity index (χ1) is 7.40. The lowest BCUT2D eigenvalue weighted by molar-refractivity contribution is -0.151. The van der Waals surface area contributed by atoms with Gasteiger partial charge < -0.3 is 5.11 Å². The lowest BCUT2D eigenvalue weighted by Crippen LogP contribution is -2.46. The van der Waals surface area contributed by atoms with E-state index in [-0.39, 0.29) is 24.3 Å². The van der Waals surface area contributed by atoms with E-state index in [1.165, 1.54) is 4.90 Å². The number of rotatable bonds is 4. The third-order valence-corrected chi connectivity index (χ3v) is 2.79. The van der Waals surface area contributed by atoms with Crippen molar-refractivity contribution in [3.8, 4) is 0 Å². The van der Waals surface area contributed by atoms with Crippen LogP contribution in [0, 0.1) is 11.8 Å². The summed E-state index contributed by atoms with van der Waals surface area (Å²) >= 11 is 0. The molecule has 4 heteroatoms. The average Bonchev–Trinajstić information content (AvgIpc) is 2.09. The van der Waals surface area contributed by atoms with Gasteiger partial charge in [0, 0.05) is 12.8 Å². The van der Waals surface area contributed by atoms with Gasteiger partial charge >= 0.3 is 0 Å². The van der Waals surface area contributed by atoms with Crippen molar-refractivity contribution in [1.82, 2.24) is 4.90 Å². The molecule has 0 aromatic carbocycles. The first-order valence-corrected chi connectivity index (χ1v) is 5.91. The van der Waals surface area contributed by atoms with Gasteiger partial charge in [-0.05, 0) is 18.3 Å². The highest BCUT2D eigenvalue weighted by atomic mass is 16.3. The van der Waals surface area contributed by atoms with Crippen LogP contribution in [-0.4, -0.2) is 34.5 Å². The number of piperidine rings is 1. The summed E-state index contributed by atoms with van der Waals surface area (Å²) in [6.45, 7) is 6.07. The molecule has 0 bridgehead atoms. The molecule has 16 heavy (non-hydrogen) atoms. The van der Waals surface area contributed by atoms with E-state index in [1.54, 1.807) is 0 Å². The Kier molecular flexibility index (Phi) is 4.47. The Balaban J connectivity index is 2.52. The highest BCUT2D eigenvalue weighted by Gasteiger charge is 2.31. The molecule has 0 spiro atoms. The first kappa shape index (κ1) is 13.2. The lowest BCUT2D eigenvalue weighted by atomic mass is 9.97. The number of amides is 2. The van der Waals surface area contributed by atoms with Crippen molar-refractivity contribution in [1.29, 1.82) is 0 Å². The van der Waals surface area contributed by atoms with Gasteiger partial charge in [0.15, 0.2) is 0 Å². The molecule has 0 aliphatic carbocycles. The summed E-state index contributed by atoms with van der Waals surface area (Å²) in [4.78, 5) is 24.5. The number of aliphatic hydroxyl groups excluding tert-OH is 1. The zero-order valence-electron chi connectivity index (χ0n) is 10.3. The minimum Gasteiger partial charge on any atom is -0.391 e. The van der Waals surface area contributed by atoms with Crippen LogP contribution in [0.1, 0.15) is 40.0 Å². The average molecular weight is 227 g/mol. The lowest BCUT2D eigenvalue weighted by Gasteiger charge is -2.30. The molecule has 1 aliphatic heterocycles. The van der Waals surface area contributed by atoms with Crippen LogP contribution < -0.4 is 0 Å². The highest BCUT2D eigenvalue weighted by molar-refractivity contribution is 5.97. The first-order valence-electron chi connectivity index (χ1n) is 5.91. The molecular formula is C12H21NO3. The fraction of sp³-hybridized carbons (Fsp3) is 0.833. The van der Waals surface area contributed by atoms with Crippen LogP contribution in [0.2, 0.25) is 0 Å². The molecule has 0 radical (unpaired) electrons. The maximum atomic E-state index is 11.6. The van der Waals surface area contributed by atoms with E-state index in [1.807, 2.05) is 20.8 Å². The van der Waals surface area contributed by atoms with Gasteiger partial charge in [0.1, 0.15) is 0 Å². The molecule has 1 fully saturated rings. The van der Waals surface area contributed by atoms with E-state index in [9.17, 15) is 14.7 Å². The van der Waals surface area contributed by atoms with Crippen LogP contribution >= 0.6 is 0 Å². The van der Waals surface area contributed by atoms with Gasteiger partial charge in [0.25, 0.3) is 0 Å². The quantitative estimate of drug-likeness (QED) is 0.734. The molecule has 1 aliphatic rings. The Morgan fingerprint density at radius 2 is 1.81 bits per heavy atom. The molecule has 1 unspecified atom stereocenters. The Hall–Kier alpha value is -0.900. The number of β-amino-alcohol motifs (C(OH)–C–C–N with tert-alkyl or cyclic N) is 1. The van der Waals surface area contributed by atoms with Crippen molar-refractivity contribution >= 4 is 11.8 Å². The second kappa shape index (κ2) is 5.43. The number of carbonyl (C=O) groups is 2. The topological polar surface area (TPSA) is 57.6 Å². The third kappa shape index (κ3) is 3.59. The smallest absolute Gasteiger partial charge is 0.229 e. The van der Waals surface area contributed by atoms with E-state index < -0.39 is 6.10 Å². The van der Waals surface area contributed by atoms with Crippen LogP contribution in [-0.2, 0) is 9.59 Å². The van der Waals surface area contributed by atoms with Crippen LogP contribution in [0.5, 0.6) is 0 Å². The molecule has 1 saturated heterocycles. The SMILES string of the molecule is CC(C)CC(O)CN1C(=O)CC(C)CC1=O. The molecule has 2 amide bonds. The van der Waals surface area contributed by atoms with E-state index in [4.69, 9.17) is 0 Å². The number of hydrogen-bond donors (Lipinski definition) is 1. The van der Waals surface area contributed by atoms with Gasteiger partial charge in [-0.3, -0.25) is 14.5 Å². The van der Waals surface area contributed by atoms with E-state index in [0.717, 1.165) is 0 Å². The summed E-state index contributed by atoms with van der Waals surface area (Å²) in [5.41, 5.74) is 0. The zero-order chi connectivity index (χ0) is 12.3. The molecule has 1 heterocycles. The van der Waals surface area contributed by atoms with Crippen molar-refractivity contribution in [2.24, 2.45) is 11.8 Å². The standard InChI is InChI=1S/C12H21NO3/c1-8(2)4-10(14)7-13-11(15)5-9(3)6-12(13)16/h8-10,14H,4-7H2,1-3H3. The van der Waals surface area contributed by atoms with Gasteiger partial charge in [0.2, 0.25) is 11.8 Å².